The molecule has 0 aromatic heterocycles. The second-order valence-electron chi connectivity index (χ2n) is 6.78. The minimum atomic E-state index is -0.910. The monoisotopic (exact) mass is 418 g/mol. The molecular formula is C24H22N2O5. The van der Waals surface area contributed by atoms with Gasteiger partial charge in [-0.2, -0.15) is 5.10 Å². The smallest absolute Gasteiger partial charge is 0.285 e. The van der Waals surface area contributed by atoms with E-state index in [-0.39, 0.29) is 0 Å². The third kappa shape index (κ3) is 4.45. The highest BCUT2D eigenvalue weighted by atomic mass is 16.6. The summed E-state index contributed by atoms with van der Waals surface area (Å²) >= 11 is 0. The number of benzene rings is 3. The van der Waals surface area contributed by atoms with Gasteiger partial charge in [0, 0.05) is 11.6 Å². The number of ether oxygens (including phenoxy) is 4. The molecule has 2 atom stereocenters. The maximum atomic E-state index is 13.0. The molecule has 31 heavy (non-hydrogen) atoms. The van der Waals surface area contributed by atoms with E-state index in [4.69, 9.17) is 18.9 Å². The van der Waals surface area contributed by atoms with Crippen molar-refractivity contribution in [1.29, 1.82) is 0 Å². The maximum absolute atomic E-state index is 13.0. The molecule has 1 N–H and O–H groups in total. The molecule has 1 amide bonds. The number of rotatable bonds is 6. The second-order valence-corrected chi connectivity index (χ2v) is 6.78. The van der Waals surface area contributed by atoms with Crippen molar-refractivity contribution in [2.24, 2.45) is 5.10 Å². The molecule has 1 heterocycles. The first-order chi connectivity index (χ1) is 15.2. The summed E-state index contributed by atoms with van der Waals surface area (Å²) in [5.41, 5.74) is 4.07. The zero-order chi connectivity index (χ0) is 21.6. The standard InChI is InChI=1S/C24H22N2O5/c1-28-18-13-12-17(21(14-18)29-2)15-25-26-24(27)23-22(16-8-4-3-5-9-16)30-19-10-6-7-11-20(19)31-23/h3-15,22-23H,1-2H3,(H,26,27)/b25-15-/t22-,23+/m0/s1. The summed E-state index contributed by atoms with van der Waals surface area (Å²) in [6.45, 7) is 0. The van der Waals surface area contributed by atoms with Crippen molar-refractivity contribution in [2.45, 2.75) is 12.2 Å². The first-order valence-electron chi connectivity index (χ1n) is 9.72. The Labute approximate surface area is 180 Å². The quantitative estimate of drug-likeness (QED) is 0.487. The van der Waals surface area contributed by atoms with Crippen molar-refractivity contribution in [3.05, 3.63) is 83.9 Å². The van der Waals surface area contributed by atoms with Crippen LogP contribution in [0.3, 0.4) is 0 Å². The molecular weight excluding hydrogens is 396 g/mol. The van der Waals surface area contributed by atoms with Gasteiger partial charge in [-0.1, -0.05) is 42.5 Å². The summed E-state index contributed by atoms with van der Waals surface area (Å²) in [6, 6.07) is 22.1. The third-order valence-corrected chi connectivity index (χ3v) is 4.84. The lowest BCUT2D eigenvalue weighted by molar-refractivity contribution is -0.134. The molecule has 0 fully saturated rings. The molecule has 7 heteroatoms. The van der Waals surface area contributed by atoms with Gasteiger partial charge in [-0.15, -0.1) is 0 Å². The van der Waals surface area contributed by atoms with Crippen molar-refractivity contribution in [3.63, 3.8) is 0 Å². The second kappa shape index (κ2) is 9.21. The van der Waals surface area contributed by atoms with Gasteiger partial charge in [-0.3, -0.25) is 4.79 Å². The Morgan fingerprint density at radius 2 is 1.65 bits per heavy atom. The first-order valence-corrected chi connectivity index (χ1v) is 9.72. The highest BCUT2D eigenvalue weighted by Gasteiger charge is 2.38. The predicted octanol–water partition coefficient (Wildman–Crippen LogP) is 3.74. The topological polar surface area (TPSA) is 78.4 Å². The highest BCUT2D eigenvalue weighted by molar-refractivity contribution is 5.87. The van der Waals surface area contributed by atoms with Gasteiger partial charge in [-0.05, 0) is 29.8 Å². The molecule has 1 aliphatic heterocycles. The molecule has 4 rings (SSSR count). The molecule has 0 spiro atoms. The Kier molecular flexibility index (Phi) is 6.03. The molecule has 0 aliphatic carbocycles. The van der Waals surface area contributed by atoms with E-state index in [2.05, 4.69) is 10.5 Å². The SMILES string of the molecule is COc1ccc(/C=N\NC(=O)[C@@H]2Oc3ccccc3O[C@H]2c2ccccc2)c(OC)c1. The van der Waals surface area contributed by atoms with Crippen LogP contribution in [0.1, 0.15) is 17.2 Å². The summed E-state index contributed by atoms with van der Waals surface area (Å²) in [5, 5.41) is 4.08. The van der Waals surface area contributed by atoms with E-state index in [0.29, 0.717) is 28.6 Å². The molecule has 3 aromatic carbocycles. The Balaban J connectivity index is 1.54. The van der Waals surface area contributed by atoms with Crippen LogP contribution >= 0.6 is 0 Å². The number of carbonyl (C=O) groups excluding carboxylic acids is 1. The van der Waals surface area contributed by atoms with Crippen LogP contribution in [0.4, 0.5) is 0 Å². The largest absolute Gasteiger partial charge is 0.497 e. The Morgan fingerprint density at radius 1 is 0.935 bits per heavy atom. The lowest BCUT2D eigenvalue weighted by Crippen LogP contribution is -2.44. The zero-order valence-electron chi connectivity index (χ0n) is 17.1. The number of nitrogens with zero attached hydrogens (tertiary/aromatic N) is 1. The fourth-order valence-electron chi connectivity index (χ4n) is 3.27. The average Bonchev–Trinajstić information content (AvgIpc) is 2.83. The first kappa shape index (κ1) is 20.3. The van der Waals surface area contributed by atoms with Crippen LogP contribution < -0.4 is 24.4 Å². The molecule has 7 nitrogen and oxygen atoms in total. The summed E-state index contributed by atoms with van der Waals surface area (Å²) < 4.78 is 22.6. The molecule has 0 bridgehead atoms. The van der Waals surface area contributed by atoms with Gasteiger partial charge in [0.2, 0.25) is 6.10 Å². The van der Waals surface area contributed by atoms with Crippen LogP contribution in [-0.2, 0) is 4.79 Å². The van der Waals surface area contributed by atoms with E-state index < -0.39 is 18.1 Å². The van der Waals surface area contributed by atoms with E-state index in [1.54, 1.807) is 38.5 Å². The summed E-state index contributed by atoms with van der Waals surface area (Å²) in [5.74, 6) is 1.91. The summed E-state index contributed by atoms with van der Waals surface area (Å²) in [4.78, 5) is 13.0. The molecule has 158 valence electrons. The zero-order valence-corrected chi connectivity index (χ0v) is 17.1. The minimum absolute atomic E-state index is 0.424. The van der Waals surface area contributed by atoms with E-state index in [1.165, 1.54) is 6.21 Å². The maximum Gasteiger partial charge on any atom is 0.285 e. The normalized spacial score (nSPS) is 17.2. The summed E-state index contributed by atoms with van der Waals surface area (Å²) in [6.07, 6.45) is -0.0141. The van der Waals surface area contributed by atoms with Gasteiger partial charge in [-0.25, -0.2) is 5.43 Å². The molecule has 0 radical (unpaired) electrons. The molecule has 0 saturated carbocycles. The molecule has 0 saturated heterocycles. The van der Waals surface area contributed by atoms with Gasteiger partial charge in [0.05, 0.1) is 20.4 Å². The van der Waals surface area contributed by atoms with Crippen LogP contribution in [0.5, 0.6) is 23.0 Å². The number of hydrogen-bond donors (Lipinski definition) is 1. The lowest BCUT2D eigenvalue weighted by Gasteiger charge is -2.32. The number of hydrazone groups is 1. The van der Waals surface area contributed by atoms with Crippen LogP contribution in [0.25, 0.3) is 0 Å². The number of amides is 1. The number of para-hydroxylation sites is 2. The van der Waals surface area contributed by atoms with Gasteiger partial charge in [0.1, 0.15) is 11.5 Å². The fraction of sp³-hybridized carbons (Fsp3) is 0.167. The van der Waals surface area contributed by atoms with E-state index >= 15 is 0 Å². The average molecular weight is 418 g/mol. The van der Waals surface area contributed by atoms with Crippen molar-refractivity contribution in [1.82, 2.24) is 5.43 Å². The van der Waals surface area contributed by atoms with E-state index in [1.807, 2.05) is 48.5 Å². The van der Waals surface area contributed by atoms with Crippen molar-refractivity contribution in [2.75, 3.05) is 14.2 Å². The predicted molar refractivity (Wildman–Crippen MR) is 116 cm³/mol. The number of methoxy groups -OCH3 is 2. The Morgan fingerprint density at radius 3 is 2.35 bits per heavy atom. The molecule has 1 aliphatic rings. The van der Waals surface area contributed by atoms with Crippen molar-refractivity contribution in [3.8, 4) is 23.0 Å². The molecule has 3 aromatic rings. The number of fused-ring (bicyclic) bond motifs is 1. The third-order valence-electron chi connectivity index (χ3n) is 4.84. The highest BCUT2D eigenvalue weighted by Crippen LogP contribution is 2.39. The number of hydrogen-bond acceptors (Lipinski definition) is 6. The van der Waals surface area contributed by atoms with Crippen LogP contribution in [0.2, 0.25) is 0 Å². The van der Waals surface area contributed by atoms with Gasteiger partial charge in [0.25, 0.3) is 5.91 Å². The lowest BCUT2D eigenvalue weighted by atomic mass is 10.0. The Bertz CT molecular complexity index is 1080. The number of carbonyl (C=O) groups is 1. The van der Waals surface area contributed by atoms with Crippen LogP contribution in [-0.4, -0.2) is 32.4 Å². The minimum Gasteiger partial charge on any atom is -0.497 e. The fourth-order valence-corrected chi connectivity index (χ4v) is 3.27. The Hall–Kier alpha value is -4.00. The number of nitrogens with one attached hydrogen (secondary N) is 1. The molecule has 0 unspecified atom stereocenters. The van der Waals surface area contributed by atoms with Gasteiger partial charge >= 0.3 is 0 Å². The van der Waals surface area contributed by atoms with Gasteiger partial charge in [0.15, 0.2) is 17.6 Å². The van der Waals surface area contributed by atoms with Crippen LogP contribution in [0.15, 0.2) is 77.9 Å². The van der Waals surface area contributed by atoms with E-state index in [0.717, 1.165) is 5.56 Å². The van der Waals surface area contributed by atoms with Crippen molar-refractivity contribution < 1.29 is 23.7 Å². The van der Waals surface area contributed by atoms with Crippen molar-refractivity contribution >= 4 is 12.1 Å². The summed E-state index contributed by atoms with van der Waals surface area (Å²) in [7, 11) is 3.14. The van der Waals surface area contributed by atoms with Gasteiger partial charge < -0.3 is 18.9 Å². The van der Waals surface area contributed by atoms with E-state index in [9.17, 15) is 4.79 Å². The van der Waals surface area contributed by atoms with Crippen LogP contribution in [0, 0.1) is 0 Å².